The molecule has 0 spiro atoms. The molecule has 0 radical (unpaired) electrons. The molecule has 4 rings (SSSR count). The molecule has 0 N–H and O–H groups in total. The molecule has 0 aromatic heterocycles. The van der Waals surface area contributed by atoms with Crippen molar-refractivity contribution in [2.45, 2.75) is 44.1 Å². The summed E-state index contributed by atoms with van der Waals surface area (Å²) < 4.78 is 16.7. The van der Waals surface area contributed by atoms with E-state index in [0.29, 0.717) is 11.5 Å². The Bertz CT molecular complexity index is 1150. The number of hydrogen-bond donors (Lipinski definition) is 0. The van der Waals surface area contributed by atoms with Crippen molar-refractivity contribution in [1.29, 1.82) is 0 Å². The summed E-state index contributed by atoms with van der Waals surface area (Å²) in [6.45, 7) is 0. The van der Waals surface area contributed by atoms with Crippen LogP contribution in [0, 0.1) is 11.8 Å². The van der Waals surface area contributed by atoms with Gasteiger partial charge in [0.2, 0.25) is 0 Å². The Hall–Kier alpha value is -3.45. The fraction of sp³-hybridized carbons (Fsp3) is 0.321. The van der Waals surface area contributed by atoms with E-state index in [1.165, 1.54) is 25.3 Å². The Morgan fingerprint density at radius 2 is 1.75 bits per heavy atom. The van der Waals surface area contributed by atoms with Crippen LogP contribution in [-0.2, 0) is 9.53 Å². The predicted molar refractivity (Wildman–Crippen MR) is 126 cm³/mol. The summed E-state index contributed by atoms with van der Waals surface area (Å²) in [6.07, 6.45) is 4.87. The summed E-state index contributed by atoms with van der Waals surface area (Å²) in [7, 11) is 3.04. The number of ether oxygens (including phenoxy) is 3. The number of benzene rings is 3. The highest BCUT2D eigenvalue weighted by Crippen LogP contribution is 2.35. The molecule has 0 saturated heterocycles. The van der Waals surface area contributed by atoms with Crippen LogP contribution in [0.4, 0.5) is 0 Å². The molecular weight excluding hydrogens is 400 g/mol. The van der Waals surface area contributed by atoms with Crippen LogP contribution >= 0.6 is 0 Å². The van der Waals surface area contributed by atoms with E-state index in [1.807, 2.05) is 36.4 Å². The van der Waals surface area contributed by atoms with E-state index in [1.54, 1.807) is 7.11 Å². The minimum atomic E-state index is -0.314. The van der Waals surface area contributed by atoms with E-state index in [9.17, 15) is 4.79 Å². The molecule has 1 atom stereocenters. The van der Waals surface area contributed by atoms with Gasteiger partial charge >= 0.3 is 5.97 Å². The molecule has 1 aliphatic carbocycles. The van der Waals surface area contributed by atoms with Crippen molar-refractivity contribution in [2.75, 3.05) is 14.2 Å². The largest absolute Gasteiger partial charge is 0.493 e. The molecule has 0 bridgehead atoms. The normalized spacial score (nSPS) is 14.4. The zero-order valence-corrected chi connectivity index (χ0v) is 18.6. The molecule has 0 aliphatic heterocycles. The molecule has 3 aromatic carbocycles. The second-order valence-corrected chi connectivity index (χ2v) is 8.10. The number of carbonyl (C=O) groups is 1. The number of esters is 1. The van der Waals surface area contributed by atoms with E-state index in [0.717, 1.165) is 29.4 Å². The third-order valence-corrected chi connectivity index (χ3v) is 5.92. The van der Waals surface area contributed by atoms with Crippen LogP contribution in [0.2, 0.25) is 0 Å². The predicted octanol–water partition coefficient (Wildman–Crippen LogP) is 5.87. The van der Waals surface area contributed by atoms with Crippen molar-refractivity contribution >= 4 is 16.7 Å². The molecule has 164 valence electrons. The maximum Gasteiger partial charge on any atom is 0.307 e. The lowest BCUT2D eigenvalue weighted by molar-refractivity contribution is -0.140. The van der Waals surface area contributed by atoms with Crippen molar-refractivity contribution in [3.63, 3.8) is 0 Å². The number of carbonyl (C=O) groups excluding carboxylic acids is 1. The van der Waals surface area contributed by atoms with Gasteiger partial charge in [0, 0.05) is 5.56 Å². The summed E-state index contributed by atoms with van der Waals surface area (Å²) in [4.78, 5) is 12.1. The first-order valence-electron chi connectivity index (χ1n) is 11.1. The molecule has 1 aliphatic rings. The van der Waals surface area contributed by atoms with Gasteiger partial charge in [0.15, 0.2) is 11.5 Å². The molecule has 3 aromatic rings. The summed E-state index contributed by atoms with van der Waals surface area (Å²) in [5.74, 6) is 7.34. The SMILES string of the molecule is COC(=O)CC(C#Cc1ccc2ccccc2c1)c1ccc(OC)c(OC2CCCC2)c1. The molecule has 4 heteroatoms. The second-order valence-electron chi connectivity index (χ2n) is 8.10. The van der Waals surface area contributed by atoms with Crippen LogP contribution in [0.1, 0.15) is 49.1 Å². The van der Waals surface area contributed by atoms with E-state index in [-0.39, 0.29) is 24.4 Å². The minimum Gasteiger partial charge on any atom is -0.493 e. The Morgan fingerprint density at radius 3 is 2.50 bits per heavy atom. The van der Waals surface area contributed by atoms with Gasteiger partial charge in [-0.3, -0.25) is 4.79 Å². The van der Waals surface area contributed by atoms with Crippen LogP contribution in [-0.4, -0.2) is 26.3 Å². The first kappa shape index (κ1) is 21.8. The van der Waals surface area contributed by atoms with Crippen LogP contribution in [0.25, 0.3) is 10.8 Å². The van der Waals surface area contributed by atoms with Gasteiger partial charge in [-0.15, -0.1) is 0 Å². The standard InChI is InChI=1S/C28H28O4/c1-30-26-16-15-23(18-27(26)32-25-9-5-6-10-25)24(19-28(29)31-2)14-12-20-11-13-21-7-3-4-8-22(21)17-20/h3-4,7-8,11,13,15-18,24-25H,5-6,9-10,19H2,1-2H3. The number of methoxy groups -OCH3 is 2. The van der Waals surface area contributed by atoms with E-state index in [2.05, 4.69) is 36.1 Å². The highest BCUT2D eigenvalue weighted by atomic mass is 16.5. The molecule has 32 heavy (non-hydrogen) atoms. The van der Waals surface area contributed by atoms with E-state index in [4.69, 9.17) is 14.2 Å². The van der Waals surface area contributed by atoms with Crippen LogP contribution in [0.5, 0.6) is 11.5 Å². The summed E-state index contributed by atoms with van der Waals surface area (Å²) in [5.41, 5.74) is 1.83. The maximum absolute atomic E-state index is 12.1. The van der Waals surface area contributed by atoms with Gasteiger partial charge in [-0.25, -0.2) is 0 Å². The molecule has 1 unspecified atom stereocenters. The van der Waals surface area contributed by atoms with Crippen LogP contribution < -0.4 is 9.47 Å². The van der Waals surface area contributed by atoms with Gasteiger partial charge < -0.3 is 14.2 Å². The van der Waals surface area contributed by atoms with E-state index >= 15 is 0 Å². The van der Waals surface area contributed by atoms with E-state index < -0.39 is 0 Å². The molecule has 0 amide bonds. The molecule has 1 fully saturated rings. The lowest BCUT2D eigenvalue weighted by Gasteiger charge is -2.18. The Labute approximate surface area is 189 Å². The monoisotopic (exact) mass is 428 g/mol. The first-order chi connectivity index (χ1) is 15.7. The maximum atomic E-state index is 12.1. The number of hydrogen-bond acceptors (Lipinski definition) is 4. The van der Waals surface area contributed by atoms with Gasteiger partial charge in [0.1, 0.15) is 0 Å². The fourth-order valence-electron chi connectivity index (χ4n) is 4.13. The van der Waals surface area contributed by atoms with Crippen molar-refractivity contribution in [1.82, 2.24) is 0 Å². The van der Waals surface area contributed by atoms with Crippen LogP contribution in [0.3, 0.4) is 0 Å². The fourth-order valence-corrected chi connectivity index (χ4v) is 4.13. The van der Waals surface area contributed by atoms with Gasteiger partial charge in [0.05, 0.1) is 32.7 Å². The summed E-state index contributed by atoms with van der Waals surface area (Å²) in [6, 6.07) is 20.1. The lowest BCUT2D eigenvalue weighted by atomic mass is 9.95. The van der Waals surface area contributed by atoms with Crippen LogP contribution in [0.15, 0.2) is 60.7 Å². The van der Waals surface area contributed by atoms with Gasteiger partial charge in [-0.1, -0.05) is 48.2 Å². The third-order valence-electron chi connectivity index (χ3n) is 5.92. The average Bonchev–Trinajstić information content (AvgIpc) is 3.34. The zero-order chi connectivity index (χ0) is 22.3. The number of rotatable bonds is 6. The van der Waals surface area contributed by atoms with Crippen molar-refractivity contribution < 1.29 is 19.0 Å². The molecule has 4 nitrogen and oxygen atoms in total. The quantitative estimate of drug-likeness (QED) is 0.364. The third kappa shape index (κ3) is 5.23. The first-order valence-corrected chi connectivity index (χ1v) is 11.1. The van der Waals surface area contributed by atoms with Gasteiger partial charge in [-0.05, 0) is 66.3 Å². The highest BCUT2D eigenvalue weighted by Gasteiger charge is 2.21. The number of fused-ring (bicyclic) bond motifs is 1. The minimum absolute atomic E-state index is 0.173. The van der Waals surface area contributed by atoms with Gasteiger partial charge in [0.25, 0.3) is 0 Å². The highest BCUT2D eigenvalue weighted by molar-refractivity contribution is 5.83. The Morgan fingerprint density at radius 1 is 0.969 bits per heavy atom. The van der Waals surface area contributed by atoms with Crippen molar-refractivity contribution in [3.8, 4) is 23.3 Å². The Kier molecular flexibility index (Phi) is 6.97. The average molecular weight is 429 g/mol. The Balaban J connectivity index is 1.65. The smallest absolute Gasteiger partial charge is 0.307 e. The summed E-state index contributed by atoms with van der Waals surface area (Å²) >= 11 is 0. The van der Waals surface area contributed by atoms with Gasteiger partial charge in [-0.2, -0.15) is 0 Å². The van der Waals surface area contributed by atoms with Crippen molar-refractivity contribution in [3.05, 3.63) is 71.8 Å². The topological polar surface area (TPSA) is 44.8 Å². The lowest BCUT2D eigenvalue weighted by Crippen LogP contribution is -2.12. The zero-order valence-electron chi connectivity index (χ0n) is 18.6. The molecular formula is C28H28O4. The molecule has 1 saturated carbocycles. The summed E-state index contributed by atoms with van der Waals surface area (Å²) in [5, 5.41) is 2.31. The van der Waals surface area contributed by atoms with Crippen molar-refractivity contribution in [2.24, 2.45) is 0 Å². The molecule has 0 heterocycles. The second kappa shape index (κ2) is 10.2.